The van der Waals surface area contributed by atoms with Crippen LogP contribution in [0.3, 0.4) is 0 Å². The molecule has 1 amide bonds. The van der Waals surface area contributed by atoms with Crippen LogP contribution in [-0.2, 0) is 16.1 Å². The number of hydrogen-bond acceptors (Lipinski definition) is 5. The summed E-state index contributed by atoms with van der Waals surface area (Å²) in [6, 6.07) is 6.98. The van der Waals surface area contributed by atoms with Gasteiger partial charge < -0.3 is 20.4 Å². The van der Waals surface area contributed by atoms with Crippen molar-refractivity contribution >= 4 is 11.6 Å². The molecule has 5 rings (SSSR count). The number of oxime groups is 1. The molecule has 6 heteroatoms. The third-order valence-corrected chi connectivity index (χ3v) is 10.4. The van der Waals surface area contributed by atoms with Crippen LogP contribution in [0, 0.1) is 40.9 Å². The van der Waals surface area contributed by atoms with Gasteiger partial charge in [0.05, 0.1) is 5.71 Å². The summed E-state index contributed by atoms with van der Waals surface area (Å²) in [6.45, 7) is 5.08. The average Bonchev–Trinajstić information content (AvgIpc) is 3.16. The number of rotatable bonds is 6. The predicted molar refractivity (Wildman–Crippen MR) is 144 cm³/mol. The van der Waals surface area contributed by atoms with Gasteiger partial charge in [0.2, 0.25) is 0 Å². The first-order chi connectivity index (χ1) is 17.7. The Kier molecular flexibility index (Phi) is 6.87. The lowest BCUT2D eigenvalue weighted by atomic mass is 9.46. The number of phenols is 1. The Morgan fingerprint density at radius 3 is 2.65 bits per heavy atom. The Morgan fingerprint density at radius 2 is 1.89 bits per heavy atom. The summed E-state index contributed by atoms with van der Waals surface area (Å²) < 4.78 is 0. The summed E-state index contributed by atoms with van der Waals surface area (Å²) in [7, 11) is 0. The van der Waals surface area contributed by atoms with Gasteiger partial charge in [-0.2, -0.15) is 0 Å². The van der Waals surface area contributed by atoms with Crippen LogP contribution >= 0.6 is 0 Å². The molecule has 1 aromatic carbocycles. The minimum Gasteiger partial charge on any atom is -0.508 e. The molecular formula is C31H40N2O4. The van der Waals surface area contributed by atoms with E-state index in [2.05, 4.69) is 36.3 Å². The normalized spacial score (nSPS) is 37.5. The fourth-order valence-electron chi connectivity index (χ4n) is 8.13. The van der Waals surface area contributed by atoms with Gasteiger partial charge in [-0.05, 0) is 105 Å². The van der Waals surface area contributed by atoms with Crippen LogP contribution in [0.5, 0.6) is 5.75 Å². The second-order valence-electron chi connectivity index (χ2n) is 12.1. The van der Waals surface area contributed by atoms with Gasteiger partial charge in [0.25, 0.3) is 5.91 Å². The molecule has 4 aliphatic carbocycles. The van der Waals surface area contributed by atoms with Gasteiger partial charge in [0, 0.05) is 12.0 Å². The first kappa shape index (κ1) is 25.9. The summed E-state index contributed by atoms with van der Waals surface area (Å²) in [5, 5.41) is 27.7. The van der Waals surface area contributed by atoms with E-state index >= 15 is 0 Å². The standard InChI is InChI=1S/C31H40N2O4/c1-4-31(36)17-13-27-25-10-7-22-19-23(11-15-29(22,2)26(25)12-16-30(27,31)3)33-37-20-28(35)32-18-14-21-5-8-24(34)9-6-21/h1,5-6,8-9,19,25-27,34,36H,7,10-18,20H2,2-3H3,(H,32,35). The molecule has 0 heterocycles. The number of aliphatic hydroxyl groups is 1. The Balaban J connectivity index is 1.16. The number of carbonyl (C=O) groups is 1. The predicted octanol–water partition coefficient (Wildman–Crippen LogP) is 4.75. The van der Waals surface area contributed by atoms with Crippen molar-refractivity contribution in [3.05, 3.63) is 41.5 Å². The molecule has 3 N–H and O–H groups in total. The Bertz CT molecular complexity index is 1130. The third-order valence-electron chi connectivity index (χ3n) is 10.4. The Labute approximate surface area is 220 Å². The van der Waals surface area contributed by atoms with E-state index in [0.29, 0.717) is 30.7 Å². The maximum absolute atomic E-state index is 12.2. The lowest BCUT2D eigenvalue weighted by molar-refractivity contribution is -0.125. The molecule has 0 bridgehead atoms. The fourth-order valence-corrected chi connectivity index (χ4v) is 8.13. The van der Waals surface area contributed by atoms with E-state index in [1.165, 1.54) is 5.57 Å². The zero-order valence-electron chi connectivity index (χ0n) is 22.1. The highest BCUT2D eigenvalue weighted by molar-refractivity contribution is 5.96. The minimum absolute atomic E-state index is 0.0947. The largest absolute Gasteiger partial charge is 0.508 e. The van der Waals surface area contributed by atoms with Crippen LogP contribution in [-0.4, -0.2) is 40.6 Å². The lowest BCUT2D eigenvalue weighted by Crippen LogP contribution is -2.54. The van der Waals surface area contributed by atoms with Crippen LogP contribution in [0.25, 0.3) is 0 Å². The first-order valence-corrected chi connectivity index (χ1v) is 13.8. The number of hydrogen-bond donors (Lipinski definition) is 3. The lowest BCUT2D eigenvalue weighted by Gasteiger charge is -2.58. The average molecular weight is 505 g/mol. The van der Waals surface area contributed by atoms with Crippen LogP contribution < -0.4 is 5.32 Å². The summed E-state index contributed by atoms with van der Waals surface area (Å²) in [5.74, 6) is 4.55. The number of allylic oxidation sites excluding steroid dienone is 2. The van der Waals surface area contributed by atoms with Gasteiger partial charge in [-0.3, -0.25) is 4.79 Å². The summed E-state index contributed by atoms with van der Waals surface area (Å²) >= 11 is 0. The van der Waals surface area contributed by atoms with Crippen molar-refractivity contribution in [3.63, 3.8) is 0 Å². The number of fused-ring (bicyclic) bond motifs is 5. The molecule has 3 saturated carbocycles. The van der Waals surface area contributed by atoms with E-state index in [9.17, 15) is 15.0 Å². The van der Waals surface area contributed by atoms with Crippen molar-refractivity contribution in [1.82, 2.24) is 5.32 Å². The SMILES string of the molecule is C#CC1(O)CCC2C3CCC4=CC(=NOCC(=O)NCCc5ccc(O)cc5)CCC4(C)C3CCC21C. The van der Waals surface area contributed by atoms with E-state index in [1.807, 2.05) is 12.1 Å². The molecule has 0 aliphatic heterocycles. The quantitative estimate of drug-likeness (QED) is 0.385. The second-order valence-corrected chi connectivity index (χ2v) is 12.1. The summed E-state index contributed by atoms with van der Waals surface area (Å²) in [5.41, 5.74) is 2.47. The second kappa shape index (κ2) is 9.83. The fraction of sp³-hybridized carbons (Fsp3) is 0.613. The van der Waals surface area contributed by atoms with Crippen LogP contribution in [0.15, 0.2) is 41.1 Å². The van der Waals surface area contributed by atoms with Gasteiger partial charge in [0.1, 0.15) is 11.4 Å². The molecule has 1 aromatic rings. The number of carbonyl (C=O) groups excluding carboxylic acids is 1. The molecule has 3 fully saturated rings. The molecule has 0 aromatic heterocycles. The highest BCUT2D eigenvalue weighted by Crippen LogP contribution is 2.67. The molecule has 6 unspecified atom stereocenters. The van der Waals surface area contributed by atoms with Gasteiger partial charge >= 0.3 is 0 Å². The molecule has 0 saturated heterocycles. The molecule has 37 heavy (non-hydrogen) atoms. The van der Waals surface area contributed by atoms with Crippen molar-refractivity contribution in [2.45, 2.75) is 77.2 Å². The van der Waals surface area contributed by atoms with Gasteiger partial charge in [-0.25, -0.2) is 0 Å². The van der Waals surface area contributed by atoms with Gasteiger partial charge in [-0.15, -0.1) is 6.42 Å². The van der Waals surface area contributed by atoms with Crippen molar-refractivity contribution in [2.24, 2.45) is 33.7 Å². The third kappa shape index (κ3) is 4.56. The Hall–Kier alpha value is -2.78. The zero-order valence-corrected chi connectivity index (χ0v) is 22.1. The monoisotopic (exact) mass is 504 g/mol. The number of aromatic hydroxyl groups is 1. The molecule has 198 valence electrons. The molecular weight excluding hydrogens is 464 g/mol. The van der Waals surface area contributed by atoms with E-state index in [0.717, 1.165) is 62.6 Å². The number of phenolic OH excluding ortho intramolecular Hbond substituents is 1. The van der Waals surface area contributed by atoms with Crippen molar-refractivity contribution in [3.8, 4) is 18.1 Å². The van der Waals surface area contributed by atoms with Crippen LogP contribution in [0.1, 0.15) is 70.8 Å². The molecule has 4 aliphatic rings. The van der Waals surface area contributed by atoms with E-state index in [4.69, 9.17) is 11.3 Å². The van der Waals surface area contributed by atoms with Crippen LogP contribution in [0.2, 0.25) is 0 Å². The summed E-state index contributed by atoms with van der Waals surface area (Å²) in [6.07, 6.45) is 16.7. The molecule has 6 nitrogen and oxygen atoms in total. The highest BCUT2D eigenvalue weighted by atomic mass is 16.6. The van der Waals surface area contributed by atoms with E-state index in [-0.39, 0.29) is 29.1 Å². The highest BCUT2D eigenvalue weighted by Gasteiger charge is 2.63. The Morgan fingerprint density at radius 1 is 1.14 bits per heavy atom. The van der Waals surface area contributed by atoms with Gasteiger partial charge in [0.15, 0.2) is 6.61 Å². The van der Waals surface area contributed by atoms with Gasteiger partial charge in [-0.1, -0.05) is 42.6 Å². The number of nitrogens with zero attached hydrogens (tertiary/aromatic N) is 1. The maximum Gasteiger partial charge on any atom is 0.260 e. The smallest absolute Gasteiger partial charge is 0.260 e. The number of terminal acetylenes is 1. The number of benzene rings is 1. The van der Waals surface area contributed by atoms with Crippen LogP contribution in [0.4, 0.5) is 0 Å². The molecule has 0 spiro atoms. The van der Waals surface area contributed by atoms with Crippen molar-refractivity contribution in [1.29, 1.82) is 0 Å². The minimum atomic E-state index is -0.957. The number of amides is 1. The molecule has 0 radical (unpaired) electrons. The topological polar surface area (TPSA) is 91.2 Å². The van der Waals surface area contributed by atoms with E-state index in [1.54, 1.807) is 12.1 Å². The summed E-state index contributed by atoms with van der Waals surface area (Å²) in [4.78, 5) is 17.6. The van der Waals surface area contributed by atoms with E-state index < -0.39 is 5.60 Å². The zero-order chi connectivity index (χ0) is 26.3. The van der Waals surface area contributed by atoms with Crippen molar-refractivity contribution < 1.29 is 19.8 Å². The van der Waals surface area contributed by atoms with Crippen molar-refractivity contribution in [2.75, 3.05) is 13.2 Å². The number of nitrogens with one attached hydrogen (secondary N) is 1. The molecule has 6 atom stereocenters. The first-order valence-electron chi connectivity index (χ1n) is 13.8. The maximum atomic E-state index is 12.2.